The third kappa shape index (κ3) is 3.88. The standard InChI is InChI=1S/C15H16N2O3S/c1-3-11-4-6-12(7-5-11)15(18)17-13-8-9-14(16-10-13)21(2,19)20/h4-10H,3H2,1-2H3,(H,17,18). The van der Waals surface area contributed by atoms with Crippen LogP contribution in [0.15, 0.2) is 47.6 Å². The number of hydrogen-bond acceptors (Lipinski definition) is 4. The largest absolute Gasteiger partial charge is 0.321 e. The third-order valence-electron chi connectivity index (χ3n) is 3.00. The number of hydrogen-bond donors (Lipinski definition) is 1. The summed E-state index contributed by atoms with van der Waals surface area (Å²) in [6, 6.07) is 10.2. The molecule has 1 aromatic heterocycles. The summed E-state index contributed by atoms with van der Waals surface area (Å²) < 4.78 is 22.6. The minimum atomic E-state index is -3.33. The molecular weight excluding hydrogens is 288 g/mol. The smallest absolute Gasteiger partial charge is 0.255 e. The Kier molecular flexibility index (Phi) is 4.37. The van der Waals surface area contributed by atoms with E-state index in [1.807, 2.05) is 19.1 Å². The van der Waals surface area contributed by atoms with Gasteiger partial charge in [0, 0.05) is 11.8 Å². The predicted molar refractivity (Wildman–Crippen MR) is 81.1 cm³/mol. The number of benzene rings is 1. The fraction of sp³-hybridized carbons (Fsp3) is 0.200. The molecule has 0 fully saturated rings. The first kappa shape index (κ1) is 15.2. The van der Waals surface area contributed by atoms with Gasteiger partial charge in [-0.25, -0.2) is 13.4 Å². The van der Waals surface area contributed by atoms with Gasteiger partial charge in [0.2, 0.25) is 0 Å². The van der Waals surface area contributed by atoms with E-state index in [2.05, 4.69) is 10.3 Å². The molecule has 2 rings (SSSR count). The number of nitrogens with zero attached hydrogens (tertiary/aromatic N) is 1. The van der Waals surface area contributed by atoms with Crippen LogP contribution in [0.3, 0.4) is 0 Å². The van der Waals surface area contributed by atoms with Crippen molar-refractivity contribution in [3.63, 3.8) is 0 Å². The van der Waals surface area contributed by atoms with Crippen molar-refractivity contribution in [2.45, 2.75) is 18.4 Å². The Labute approximate surface area is 124 Å². The zero-order valence-corrected chi connectivity index (χ0v) is 12.6. The van der Waals surface area contributed by atoms with Crippen LogP contribution < -0.4 is 5.32 Å². The molecule has 0 aliphatic carbocycles. The molecule has 0 radical (unpaired) electrons. The van der Waals surface area contributed by atoms with Crippen LogP contribution in [0.5, 0.6) is 0 Å². The van der Waals surface area contributed by atoms with E-state index in [-0.39, 0.29) is 10.9 Å². The van der Waals surface area contributed by atoms with E-state index >= 15 is 0 Å². The van der Waals surface area contributed by atoms with Gasteiger partial charge in [0.05, 0.1) is 11.9 Å². The Balaban J connectivity index is 2.12. The number of anilines is 1. The first-order chi connectivity index (χ1) is 9.90. The summed E-state index contributed by atoms with van der Waals surface area (Å²) in [4.78, 5) is 15.9. The van der Waals surface area contributed by atoms with Crippen LogP contribution in [-0.2, 0) is 16.3 Å². The molecule has 6 heteroatoms. The molecule has 5 nitrogen and oxygen atoms in total. The molecule has 0 saturated carbocycles. The van der Waals surface area contributed by atoms with Crippen molar-refractivity contribution in [1.29, 1.82) is 0 Å². The summed E-state index contributed by atoms with van der Waals surface area (Å²) in [5.74, 6) is -0.258. The van der Waals surface area contributed by atoms with Gasteiger partial charge in [-0.1, -0.05) is 19.1 Å². The molecule has 0 spiro atoms. The van der Waals surface area contributed by atoms with E-state index in [0.717, 1.165) is 18.2 Å². The summed E-state index contributed by atoms with van der Waals surface area (Å²) in [5.41, 5.74) is 2.15. The number of sulfone groups is 1. The first-order valence-electron chi connectivity index (χ1n) is 6.46. The Bertz CT molecular complexity index is 735. The summed E-state index contributed by atoms with van der Waals surface area (Å²) in [5, 5.41) is 2.66. The molecule has 0 atom stereocenters. The van der Waals surface area contributed by atoms with E-state index in [0.29, 0.717) is 11.3 Å². The number of rotatable bonds is 4. The van der Waals surface area contributed by atoms with Crippen LogP contribution in [0, 0.1) is 0 Å². The first-order valence-corrected chi connectivity index (χ1v) is 8.35. The number of aryl methyl sites for hydroxylation is 1. The third-order valence-corrected chi connectivity index (χ3v) is 4.00. The maximum Gasteiger partial charge on any atom is 0.255 e. The zero-order valence-electron chi connectivity index (χ0n) is 11.8. The fourth-order valence-corrected chi connectivity index (χ4v) is 2.33. The number of pyridine rings is 1. The normalized spacial score (nSPS) is 11.1. The number of nitrogens with one attached hydrogen (secondary N) is 1. The highest BCUT2D eigenvalue weighted by Crippen LogP contribution is 2.12. The second-order valence-electron chi connectivity index (χ2n) is 4.66. The SMILES string of the molecule is CCc1ccc(C(=O)Nc2ccc(S(C)(=O)=O)nc2)cc1. The van der Waals surface area contributed by atoms with E-state index in [1.54, 1.807) is 12.1 Å². The van der Waals surface area contributed by atoms with E-state index in [9.17, 15) is 13.2 Å². The van der Waals surface area contributed by atoms with Gasteiger partial charge in [0.1, 0.15) is 0 Å². The highest BCUT2D eigenvalue weighted by Gasteiger charge is 2.10. The van der Waals surface area contributed by atoms with Crippen molar-refractivity contribution in [2.75, 3.05) is 11.6 Å². The quantitative estimate of drug-likeness (QED) is 0.940. The Hall–Kier alpha value is -2.21. The Morgan fingerprint density at radius 2 is 1.81 bits per heavy atom. The van der Waals surface area contributed by atoms with Crippen LogP contribution in [0.2, 0.25) is 0 Å². The van der Waals surface area contributed by atoms with Gasteiger partial charge < -0.3 is 5.32 Å². The lowest BCUT2D eigenvalue weighted by atomic mass is 10.1. The topological polar surface area (TPSA) is 76.1 Å². The van der Waals surface area contributed by atoms with Crippen molar-refractivity contribution in [1.82, 2.24) is 4.98 Å². The van der Waals surface area contributed by atoms with Crippen LogP contribution in [0.25, 0.3) is 0 Å². The van der Waals surface area contributed by atoms with Crippen LogP contribution >= 0.6 is 0 Å². The molecule has 1 N–H and O–H groups in total. The molecule has 110 valence electrons. The Morgan fingerprint density at radius 3 is 2.29 bits per heavy atom. The van der Waals surface area contributed by atoms with Crippen molar-refractivity contribution in [2.24, 2.45) is 0 Å². The van der Waals surface area contributed by atoms with Crippen molar-refractivity contribution < 1.29 is 13.2 Å². The van der Waals surface area contributed by atoms with Crippen LogP contribution in [-0.4, -0.2) is 25.6 Å². The lowest BCUT2D eigenvalue weighted by Crippen LogP contribution is -2.12. The maximum atomic E-state index is 12.0. The molecule has 0 unspecified atom stereocenters. The predicted octanol–water partition coefficient (Wildman–Crippen LogP) is 2.30. The van der Waals surface area contributed by atoms with Gasteiger partial charge in [-0.3, -0.25) is 4.79 Å². The maximum absolute atomic E-state index is 12.0. The van der Waals surface area contributed by atoms with Gasteiger partial charge in [-0.15, -0.1) is 0 Å². The van der Waals surface area contributed by atoms with Gasteiger partial charge in [-0.2, -0.15) is 0 Å². The van der Waals surface area contributed by atoms with Crippen LogP contribution in [0.4, 0.5) is 5.69 Å². The lowest BCUT2D eigenvalue weighted by Gasteiger charge is -2.06. The minimum Gasteiger partial charge on any atom is -0.321 e. The monoisotopic (exact) mass is 304 g/mol. The van der Waals surface area contributed by atoms with Gasteiger partial charge in [-0.05, 0) is 36.2 Å². The molecule has 21 heavy (non-hydrogen) atoms. The van der Waals surface area contributed by atoms with Crippen molar-refractivity contribution in [3.8, 4) is 0 Å². The van der Waals surface area contributed by atoms with Gasteiger partial charge in [0.15, 0.2) is 14.9 Å². The molecule has 0 aliphatic rings. The molecule has 0 bridgehead atoms. The summed E-state index contributed by atoms with van der Waals surface area (Å²) in [6.45, 7) is 2.05. The number of amides is 1. The highest BCUT2D eigenvalue weighted by atomic mass is 32.2. The van der Waals surface area contributed by atoms with E-state index < -0.39 is 9.84 Å². The van der Waals surface area contributed by atoms with E-state index in [1.165, 1.54) is 18.3 Å². The number of carbonyl (C=O) groups excluding carboxylic acids is 1. The van der Waals surface area contributed by atoms with Crippen molar-refractivity contribution in [3.05, 3.63) is 53.7 Å². The summed E-state index contributed by atoms with van der Waals surface area (Å²) in [6.07, 6.45) is 3.33. The Morgan fingerprint density at radius 1 is 1.14 bits per heavy atom. The molecule has 0 saturated heterocycles. The summed E-state index contributed by atoms with van der Waals surface area (Å²) >= 11 is 0. The number of aromatic nitrogens is 1. The summed E-state index contributed by atoms with van der Waals surface area (Å²) in [7, 11) is -3.33. The molecule has 1 aromatic carbocycles. The van der Waals surface area contributed by atoms with Crippen molar-refractivity contribution >= 4 is 21.4 Å². The molecule has 1 heterocycles. The average molecular weight is 304 g/mol. The molecule has 1 amide bonds. The molecule has 0 aliphatic heterocycles. The second-order valence-corrected chi connectivity index (χ2v) is 6.62. The molecule has 2 aromatic rings. The second kappa shape index (κ2) is 6.05. The zero-order chi connectivity index (χ0) is 15.5. The van der Waals surface area contributed by atoms with Gasteiger partial charge in [0.25, 0.3) is 5.91 Å². The lowest BCUT2D eigenvalue weighted by molar-refractivity contribution is 0.102. The minimum absolute atomic E-state index is 0.0206. The van der Waals surface area contributed by atoms with E-state index in [4.69, 9.17) is 0 Å². The van der Waals surface area contributed by atoms with Crippen LogP contribution in [0.1, 0.15) is 22.8 Å². The highest BCUT2D eigenvalue weighted by molar-refractivity contribution is 7.90. The molecular formula is C15H16N2O3S. The fourth-order valence-electron chi connectivity index (χ4n) is 1.77. The van der Waals surface area contributed by atoms with Gasteiger partial charge >= 0.3 is 0 Å². The average Bonchev–Trinajstić information content (AvgIpc) is 2.47. The number of carbonyl (C=O) groups is 1.